The molecule has 0 aliphatic carbocycles. The van der Waals surface area contributed by atoms with Crippen LogP contribution < -0.4 is 15.1 Å². The first kappa shape index (κ1) is 19.5. The molecular weight excluding hydrogens is 374 g/mol. The Bertz CT molecular complexity index is 1150. The summed E-state index contributed by atoms with van der Waals surface area (Å²) < 4.78 is 0. The van der Waals surface area contributed by atoms with Crippen LogP contribution in [-0.4, -0.2) is 25.9 Å². The Morgan fingerprint density at radius 3 is 2.23 bits per heavy atom. The summed E-state index contributed by atoms with van der Waals surface area (Å²) >= 11 is 0. The predicted molar refractivity (Wildman–Crippen MR) is 121 cm³/mol. The van der Waals surface area contributed by atoms with Gasteiger partial charge in [-0.3, -0.25) is 9.59 Å². The summed E-state index contributed by atoms with van der Waals surface area (Å²) in [6.45, 7) is 1.98. The van der Waals surface area contributed by atoms with Crippen molar-refractivity contribution in [1.82, 2.24) is 0 Å². The molecule has 0 unspecified atom stereocenters. The Balaban J connectivity index is 1.81. The fraction of sp³-hybridized carbons (Fsp3) is 0.120. The molecule has 3 aromatic rings. The van der Waals surface area contributed by atoms with E-state index >= 15 is 0 Å². The highest BCUT2D eigenvalue weighted by atomic mass is 16.2. The van der Waals surface area contributed by atoms with E-state index in [2.05, 4.69) is 5.32 Å². The Hall–Kier alpha value is -3.86. The molecule has 30 heavy (non-hydrogen) atoms. The lowest BCUT2D eigenvalue weighted by molar-refractivity contribution is -0.120. The number of carbonyl (C=O) groups is 2. The number of rotatable bonds is 5. The highest BCUT2D eigenvalue weighted by molar-refractivity contribution is 6.46. The average molecular weight is 397 g/mol. The third kappa shape index (κ3) is 3.57. The summed E-state index contributed by atoms with van der Waals surface area (Å²) in [5.41, 5.74) is 4.65. The molecule has 0 radical (unpaired) electrons. The van der Waals surface area contributed by atoms with Crippen molar-refractivity contribution in [2.45, 2.75) is 6.92 Å². The summed E-state index contributed by atoms with van der Waals surface area (Å²) in [6, 6.07) is 24.4. The van der Waals surface area contributed by atoms with E-state index in [0.717, 1.165) is 16.9 Å². The summed E-state index contributed by atoms with van der Waals surface area (Å²) in [5, 5.41) is 3.20. The van der Waals surface area contributed by atoms with Crippen LogP contribution in [0.5, 0.6) is 0 Å². The van der Waals surface area contributed by atoms with E-state index in [0.29, 0.717) is 16.8 Å². The van der Waals surface area contributed by atoms with E-state index in [4.69, 9.17) is 0 Å². The molecule has 4 rings (SSSR count). The monoisotopic (exact) mass is 397 g/mol. The highest BCUT2D eigenvalue weighted by Crippen LogP contribution is 2.34. The summed E-state index contributed by atoms with van der Waals surface area (Å²) in [5.74, 6) is -0.700. The molecule has 150 valence electrons. The number of imide groups is 1. The number of benzene rings is 3. The minimum Gasteiger partial charge on any atom is -0.378 e. The van der Waals surface area contributed by atoms with Crippen LogP contribution in [0.2, 0.25) is 0 Å². The van der Waals surface area contributed by atoms with Gasteiger partial charge in [0.1, 0.15) is 5.70 Å². The zero-order valence-corrected chi connectivity index (χ0v) is 17.2. The minimum absolute atomic E-state index is 0.284. The van der Waals surface area contributed by atoms with E-state index in [9.17, 15) is 9.59 Å². The van der Waals surface area contributed by atoms with Crippen LogP contribution in [0.1, 0.15) is 11.1 Å². The normalized spacial score (nSPS) is 13.8. The zero-order chi connectivity index (χ0) is 21.3. The topological polar surface area (TPSA) is 52.7 Å². The van der Waals surface area contributed by atoms with Gasteiger partial charge in [0.05, 0.1) is 11.3 Å². The Kier molecular flexibility index (Phi) is 5.11. The molecule has 0 aromatic heterocycles. The summed E-state index contributed by atoms with van der Waals surface area (Å²) in [7, 11) is 3.84. The minimum atomic E-state index is -0.365. The van der Waals surface area contributed by atoms with Gasteiger partial charge in [-0.15, -0.1) is 0 Å². The molecule has 5 nitrogen and oxygen atoms in total. The van der Waals surface area contributed by atoms with E-state index in [-0.39, 0.29) is 17.5 Å². The lowest BCUT2D eigenvalue weighted by atomic mass is 10.0. The maximum Gasteiger partial charge on any atom is 0.282 e. The molecule has 1 heterocycles. The number of anilines is 3. The number of aryl methyl sites for hydroxylation is 1. The van der Waals surface area contributed by atoms with Gasteiger partial charge >= 0.3 is 0 Å². The Labute approximate surface area is 176 Å². The summed E-state index contributed by atoms with van der Waals surface area (Å²) in [6.07, 6.45) is 0. The second kappa shape index (κ2) is 7.87. The van der Waals surface area contributed by atoms with Gasteiger partial charge < -0.3 is 10.2 Å². The number of amides is 2. The highest BCUT2D eigenvalue weighted by Gasteiger charge is 2.40. The number of hydrogen-bond donors (Lipinski definition) is 1. The Morgan fingerprint density at radius 1 is 0.800 bits per heavy atom. The van der Waals surface area contributed by atoms with Gasteiger partial charge in [0.15, 0.2) is 0 Å². The van der Waals surface area contributed by atoms with E-state index in [1.807, 2.05) is 98.7 Å². The average Bonchev–Trinajstić information content (AvgIpc) is 2.98. The molecule has 2 amide bonds. The standard InChI is InChI=1S/C25H23N3O2/c1-17-9-7-12-19(15-17)26-23-22(18-10-5-4-6-11-18)24(29)28(25(23)30)21-14-8-13-20(16-21)27(2)3/h4-16,26H,1-3H3. The molecule has 0 bridgehead atoms. The van der Waals surface area contributed by atoms with Crippen LogP contribution in [-0.2, 0) is 9.59 Å². The number of nitrogens with one attached hydrogen (secondary N) is 1. The second-order valence-electron chi connectivity index (χ2n) is 7.47. The molecule has 0 atom stereocenters. The fourth-order valence-corrected chi connectivity index (χ4v) is 3.53. The fourth-order valence-electron chi connectivity index (χ4n) is 3.53. The van der Waals surface area contributed by atoms with Gasteiger partial charge in [-0.05, 0) is 48.4 Å². The zero-order valence-electron chi connectivity index (χ0n) is 17.2. The number of hydrogen-bond acceptors (Lipinski definition) is 4. The maximum absolute atomic E-state index is 13.5. The van der Waals surface area contributed by atoms with Crippen LogP contribution in [0.25, 0.3) is 5.57 Å². The predicted octanol–water partition coefficient (Wildman–Crippen LogP) is 4.46. The van der Waals surface area contributed by atoms with Crippen molar-refractivity contribution in [1.29, 1.82) is 0 Å². The van der Waals surface area contributed by atoms with Crippen molar-refractivity contribution >= 4 is 34.4 Å². The van der Waals surface area contributed by atoms with Crippen molar-refractivity contribution in [2.24, 2.45) is 0 Å². The SMILES string of the molecule is Cc1cccc(NC2=C(c3ccccc3)C(=O)N(c3cccc(N(C)C)c3)C2=O)c1. The van der Waals surface area contributed by atoms with E-state index in [1.54, 1.807) is 6.07 Å². The van der Waals surface area contributed by atoms with Gasteiger partial charge in [-0.25, -0.2) is 4.90 Å². The molecule has 3 aromatic carbocycles. The number of nitrogens with zero attached hydrogens (tertiary/aromatic N) is 2. The van der Waals surface area contributed by atoms with Gasteiger partial charge in [0, 0.05) is 25.5 Å². The van der Waals surface area contributed by atoms with Gasteiger partial charge in [-0.1, -0.05) is 48.5 Å². The summed E-state index contributed by atoms with van der Waals surface area (Å²) in [4.78, 5) is 30.1. The quantitative estimate of drug-likeness (QED) is 0.646. The second-order valence-corrected chi connectivity index (χ2v) is 7.47. The first-order chi connectivity index (χ1) is 14.5. The molecule has 1 aliphatic rings. The van der Waals surface area contributed by atoms with Gasteiger partial charge in [-0.2, -0.15) is 0 Å². The molecule has 1 aliphatic heterocycles. The first-order valence-electron chi connectivity index (χ1n) is 9.75. The maximum atomic E-state index is 13.5. The molecule has 0 saturated heterocycles. The van der Waals surface area contributed by atoms with E-state index < -0.39 is 0 Å². The molecule has 0 saturated carbocycles. The lowest BCUT2D eigenvalue weighted by Gasteiger charge is -2.19. The van der Waals surface area contributed by atoms with E-state index in [1.165, 1.54) is 4.90 Å². The van der Waals surface area contributed by atoms with Crippen LogP contribution in [0.15, 0.2) is 84.6 Å². The van der Waals surface area contributed by atoms with Gasteiger partial charge in [0.25, 0.3) is 11.8 Å². The molecular formula is C25H23N3O2. The van der Waals surface area contributed by atoms with Crippen molar-refractivity contribution in [3.05, 3.63) is 95.7 Å². The third-order valence-electron chi connectivity index (χ3n) is 5.04. The molecule has 0 fully saturated rings. The van der Waals surface area contributed by atoms with Crippen molar-refractivity contribution in [2.75, 3.05) is 29.2 Å². The molecule has 5 heteroatoms. The largest absolute Gasteiger partial charge is 0.378 e. The van der Waals surface area contributed by atoms with Crippen molar-refractivity contribution < 1.29 is 9.59 Å². The Morgan fingerprint density at radius 2 is 1.53 bits per heavy atom. The smallest absolute Gasteiger partial charge is 0.282 e. The van der Waals surface area contributed by atoms with Crippen molar-refractivity contribution in [3.63, 3.8) is 0 Å². The van der Waals surface area contributed by atoms with Crippen molar-refractivity contribution in [3.8, 4) is 0 Å². The molecule has 1 N–H and O–H groups in total. The number of carbonyl (C=O) groups excluding carboxylic acids is 2. The van der Waals surface area contributed by atoms with Crippen LogP contribution in [0.4, 0.5) is 17.1 Å². The van der Waals surface area contributed by atoms with Crippen LogP contribution in [0, 0.1) is 6.92 Å². The first-order valence-corrected chi connectivity index (χ1v) is 9.75. The third-order valence-corrected chi connectivity index (χ3v) is 5.04. The molecule has 0 spiro atoms. The van der Waals surface area contributed by atoms with Gasteiger partial charge in [0.2, 0.25) is 0 Å². The van der Waals surface area contributed by atoms with Crippen LogP contribution >= 0.6 is 0 Å². The van der Waals surface area contributed by atoms with Crippen LogP contribution in [0.3, 0.4) is 0 Å². The lowest BCUT2D eigenvalue weighted by Crippen LogP contribution is -2.32.